The first-order chi connectivity index (χ1) is 20.4. The Hall–Kier alpha value is -4.28. The second-order valence-electron chi connectivity index (χ2n) is 11.4. The van der Waals surface area contributed by atoms with Gasteiger partial charge in [-0.05, 0) is 50.3 Å². The molecule has 42 heavy (non-hydrogen) atoms. The largest absolute Gasteiger partial charge is 0.488 e. The summed E-state index contributed by atoms with van der Waals surface area (Å²) < 4.78 is 43.5. The van der Waals surface area contributed by atoms with Crippen LogP contribution in [0.4, 0.5) is 8.78 Å². The molecule has 1 aliphatic heterocycles. The van der Waals surface area contributed by atoms with Gasteiger partial charge in [0.2, 0.25) is 0 Å². The number of carbonyl (C=O) groups excluding carboxylic acids is 1. The Kier molecular flexibility index (Phi) is 6.67. The van der Waals surface area contributed by atoms with E-state index >= 15 is 0 Å². The molecular weight excluding hydrogens is 542 g/mol. The van der Waals surface area contributed by atoms with Gasteiger partial charge in [0, 0.05) is 51.0 Å². The van der Waals surface area contributed by atoms with Crippen LogP contribution >= 0.6 is 0 Å². The predicted molar refractivity (Wildman–Crippen MR) is 153 cm³/mol. The van der Waals surface area contributed by atoms with Crippen molar-refractivity contribution in [3.05, 3.63) is 59.7 Å². The maximum Gasteiger partial charge on any atom is 0.255 e. The molecule has 1 fully saturated rings. The normalized spacial score (nSPS) is 16.0. The molecule has 218 valence electrons. The van der Waals surface area contributed by atoms with E-state index in [0.29, 0.717) is 72.3 Å². The monoisotopic (exact) mass is 574 g/mol. The number of halogens is 2. The quantitative estimate of drug-likeness (QED) is 0.219. The Balaban J connectivity index is 1.31. The Bertz CT molecular complexity index is 1790. The van der Waals surface area contributed by atoms with Crippen molar-refractivity contribution in [3.8, 4) is 17.3 Å². The summed E-state index contributed by atoms with van der Waals surface area (Å²) in [6.45, 7) is 3.14. The van der Waals surface area contributed by atoms with Crippen molar-refractivity contribution >= 4 is 28.0 Å². The van der Waals surface area contributed by atoms with Gasteiger partial charge in [-0.2, -0.15) is 0 Å². The highest BCUT2D eigenvalue weighted by atomic mass is 19.1. The maximum absolute atomic E-state index is 14.9. The van der Waals surface area contributed by atoms with Crippen molar-refractivity contribution in [2.45, 2.75) is 51.7 Å². The van der Waals surface area contributed by atoms with Crippen LogP contribution in [0.15, 0.2) is 41.3 Å². The minimum atomic E-state index is -0.455. The van der Waals surface area contributed by atoms with Crippen LogP contribution in [-0.2, 0) is 26.4 Å². The van der Waals surface area contributed by atoms with Gasteiger partial charge in [-0.15, -0.1) is 0 Å². The molecule has 4 aromatic heterocycles. The van der Waals surface area contributed by atoms with Gasteiger partial charge in [0.05, 0.1) is 35.3 Å². The number of pyridine rings is 1. The Labute approximate surface area is 241 Å². The molecule has 0 spiro atoms. The van der Waals surface area contributed by atoms with Crippen LogP contribution in [0.1, 0.15) is 48.0 Å². The maximum atomic E-state index is 14.9. The number of aryl methyl sites for hydroxylation is 1. The van der Waals surface area contributed by atoms with E-state index in [1.807, 2.05) is 24.6 Å². The van der Waals surface area contributed by atoms with E-state index in [9.17, 15) is 13.6 Å². The molecule has 11 heteroatoms. The van der Waals surface area contributed by atoms with E-state index in [1.54, 1.807) is 17.2 Å². The lowest BCUT2D eigenvalue weighted by atomic mass is 10.0. The number of imidazole rings is 1. The van der Waals surface area contributed by atoms with Gasteiger partial charge < -0.3 is 23.2 Å². The van der Waals surface area contributed by atoms with Gasteiger partial charge in [0.25, 0.3) is 5.91 Å². The molecule has 7 rings (SSSR count). The summed E-state index contributed by atoms with van der Waals surface area (Å²) in [7, 11) is 1.92. The van der Waals surface area contributed by atoms with E-state index < -0.39 is 6.67 Å². The Morgan fingerprint density at radius 1 is 1.19 bits per heavy atom. The topological polar surface area (TPSA) is 91.2 Å². The Morgan fingerprint density at radius 3 is 2.81 bits per heavy atom. The first-order valence-electron chi connectivity index (χ1n) is 14.5. The zero-order chi connectivity index (χ0) is 29.0. The fraction of sp³-hybridized carbons (Fsp3) is 0.419. The van der Waals surface area contributed by atoms with E-state index in [1.165, 1.54) is 18.5 Å². The molecule has 1 unspecified atom stereocenters. The number of aromatic nitrogens is 5. The van der Waals surface area contributed by atoms with E-state index in [-0.39, 0.29) is 17.8 Å². The minimum absolute atomic E-state index is 0.133. The van der Waals surface area contributed by atoms with Crippen LogP contribution in [0.3, 0.4) is 0 Å². The Morgan fingerprint density at radius 2 is 2.05 bits per heavy atom. The van der Waals surface area contributed by atoms with Gasteiger partial charge >= 0.3 is 0 Å². The fourth-order valence-corrected chi connectivity index (χ4v) is 5.98. The van der Waals surface area contributed by atoms with Crippen LogP contribution in [0.25, 0.3) is 33.6 Å². The van der Waals surface area contributed by atoms with E-state index in [0.717, 1.165) is 41.7 Å². The summed E-state index contributed by atoms with van der Waals surface area (Å²) >= 11 is 0. The summed E-state index contributed by atoms with van der Waals surface area (Å²) in [4.78, 5) is 28.6. The van der Waals surface area contributed by atoms with Gasteiger partial charge in [-0.25, -0.2) is 19.3 Å². The second kappa shape index (κ2) is 10.5. The van der Waals surface area contributed by atoms with Gasteiger partial charge in [-0.3, -0.25) is 9.18 Å². The second-order valence-corrected chi connectivity index (χ2v) is 11.4. The number of hydrogen-bond donors (Lipinski definition) is 0. The van der Waals surface area contributed by atoms with Crippen molar-refractivity contribution in [1.82, 2.24) is 29.0 Å². The lowest BCUT2D eigenvalue weighted by Crippen LogP contribution is -2.38. The van der Waals surface area contributed by atoms with E-state index in [4.69, 9.17) is 19.1 Å². The van der Waals surface area contributed by atoms with Gasteiger partial charge in [0.15, 0.2) is 17.9 Å². The third-order valence-corrected chi connectivity index (χ3v) is 8.21. The van der Waals surface area contributed by atoms with E-state index in [2.05, 4.69) is 9.55 Å². The lowest BCUT2D eigenvalue weighted by molar-refractivity contribution is 0.0733. The molecule has 0 bridgehead atoms. The molecule has 2 aliphatic rings. The van der Waals surface area contributed by atoms with Crippen molar-refractivity contribution < 1.29 is 22.7 Å². The van der Waals surface area contributed by atoms with Crippen molar-refractivity contribution in [2.75, 3.05) is 19.8 Å². The first kappa shape index (κ1) is 26.6. The van der Waals surface area contributed by atoms with Crippen molar-refractivity contribution in [1.29, 1.82) is 0 Å². The molecule has 1 atom stereocenters. The summed E-state index contributed by atoms with van der Waals surface area (Å²) in [6, 6.07) is 6.73. The number of alkyl halides is 1. The number of hydrogen-bond acceptors (Lipinski definition) is 6. The van der Waals surface area contributed by atoms with Crippen LogP contribution in [0.5, 0.6) is 5.75 Å². The SMILES string of the molecule is CC(Cc1cnco1)Oc1cc(F)cc2cc(-c3nc4cc5c(nc4n3C)CCN(CCCF)C5=O)n(CC3CC3)c12. The summed E-state index contributed by atoms with van der Waals surface area (Å²) in [5, 5.41) is 0.727. The number of carbonyl (C=O) groups is 1. The molecule has 1 saturated carbocycles. The molecule has 0 N–H and O–H groups in total. The predicted octanol–water partition coefficient (Wildman–Crippen LogP) is 5.50. The average Bonchev–Trinajstić information content (AvgIpc) is 3.35. The number of amides is 1. The summed E-state index contributed by atoms with van der Waals surface area (Å²) in [6.07, 6.45) is 6.46. The highest BCUT2D eigenvalue weighted by Crippen LogP contribution is 2.40. The van der Waals surface area contributed by atoms with Crippen LogP contribution in [0, 0.1) is 11.7 Å². The number of ether oxygens (including phenoxy) is 1. The molecular formula is C31H32F2N6O3. The number of rotatable bonds is 10. The smallest absolute Gasteiger partial charge is 0.255 e. The van der Waals surface area contributed by atoms with Crippen molar-refractivity contribution in [2.24, 2.45) is 13.0 Å². The van der Waals surface area contributed by atoms with Crippen LogP contribution in [0.2, 0.25) is 0 Å². The molecule has 0 radical (unpaired) electrons. The molecule has 5 aromatic rings. The highest BCUT2D eigenvalue weighted by molar-refractivity contribution is 5.99. The number of nitrogens with zero attached hydrogens (tertiary/aromatic N) is 6. The average molecular weight is 575 g/mol. The third kappa shape index (κ3) is 4.80. The lowest BCUT2D eigenvalue weighted by Gasteiger charge is -2.27. The molecule has 1 aromatic carbocycles. The van der Waals surface area contributed by atoms with Crippen LogP contribution in [-0.4, -0.2) is 60.8 Å². The van der Waals surface area contributed by atoms with Gasteiger partial charge in [0.1, 0.15) is 28.9 Å². The van der Waals surface area contributed by atoms with Crippen LogP contribution < -0.4 is 4.74 Å². The molecule has 5 heterocycles. The molecule has 1 amide bonds. The molecule has 9 nitrogen and oxygen atoms in total. The zero-order valence-corrected chi connectivity index (χ0v) is 23.6. The number of oxazole rings is 1. The zero-order valence-electron chi connectivity index (χ0n) is 23.6. The highest BCUT2D eigenvalue weighted by Gasteiger charge is 2.30. The summed E-state index contributed by atoms with van der Waals surface area (Å²) in [5.74, 6) is 1.86. The standard InChI is InChI=1S/C31H32F2N6O3/c1-18(10-22-15-34-17-41-22)42-27-13-21(33)11-20-12-26(39(28(20)27)16-19-4-5-19)30-36-25-14-23-24(35-29(25)37(30)2)6-9-38(31(23)40)8-3-7-32/h11-15,17-19H,3-10,16H2,1-2H3. The fourth-order valence-electron chi connectivity index (χ4n) is 5.98. The minimum Gasteiger partial charge on any atom is -0.488 e. The number of benzene rings is 1. The molecule has 0 saturated heterocycles. The summed E-state index contributed by atoms with van der Waals surface area (Å²) in [5.41, 5.74) is 4.20. The van der Waals surface area contributed by atoms with Gasteiger partial charge in [-0.1, -0.05) is 0 Å². The first-order valence-corrected chi connectivity index (χ1v) is 14.5. The third-order valence-electron chi connectivity index (χ3n) is 8.21. The number of fused-ring (bicyclic) bond motifs is 3. The molecule has 1 aliphatic carbocycles. The van der Waals surface area contributed by atoms with Crippen molar-refractivity contribution in [3.63, 3.8) is 0 Å².